The van der Waals surface area contributed by atoms with E-state index in [-0.39, 0.29) is 5.91 Å². The molecule has 0 N–H and O–H groups in total. The predicted octanol–water partition coefficient (Wildman–Crippen LogP) is 3.79. The van der Waals surface area contributed by atoms with Gasteiger partial charge in [0.25, 0.3) is 5.91 Å². The number of benzene rings is 2. The first-order chi connectivity index (χ1) is 12.1. The van der Waals surface area contributed by atoms with Gasteiger partial charge in [0.05, 0.1) is 5.56 Å². The van der Waals surface area contributed by atoms with Crippen molar-refractivity contribution in [3.05, 3.63) is 65.3 Å². The van der Waals surface area contributed by atoms with Gasteiger partial charge in [0.15, 0.2) is 0 Å². The van der Waals surface area contributed by atoms with Gasteiger partial charge >= 0.3 is 0 Å². The maximum atomic E-state index is 13.0. The number of aromatic nitrogens is 1. The molecule has 5 heteroatoms. The summed E-state index contributed by atoms with van der Waals surface area (Å²) in [6.07, 6.45) is 1.94. The molecule has 1 aliphatic heterocycles. The van der Waals surface area contributed by atoms with Crippen LogP contribution in [0.5, 0.6) is 0 Å². The number of hydrogen-bond acceptors (Lipinski definition) is 2. The van der Waals surface area contributed by atoms with Gasteiger partial charge in [0.2, 0.25) is 0 Å². The zero-order chi connectivity index (χ0) is 17.4. The summed E-state index contributed by atoms with van der Waals surface area (Å²) in [6, 6.07) is 15.9. The lowest BCUT2D eigenvalue weighted by Crippen LogP contribution is -2.48. The van der Waals surface area contributed by atoms with Gasteiger partial charge in [0.1, 0.15) is 0 Å². The summed E-state index contributed by atoms with van der Waals surface area (Å²) in [6.45, 7) is 3.07. The number of halogens is 1. The lowest BCUT2D eigenvalue weighted by molar-refractivity contribution is 0.0748. The molecule has 1 saturated heterocycles. The van der Waals surface area contributed by atoms with Crippen molar-refractivity contribution in [1.82, 2.24) is 9.47 Å². The highest BCUT2D eigenvalue weighted by molar-refractivity contribution is 6.30. The molecular formula is C20H20ClN3O. The lowest BCUT2D eigenvalue weighted by Gasteiger charge is -2.36. The highest BCUT2D eigenvalue weighted by atomic mass is 35.5. The van der Waals surface area contributed by atoms with Crippen LogP contribution >= 0.6 is 11.6 Å². The van der Waals surface area contributed by atoms with Crippen molar-refractivity contribution >= 4 is 34.1 Å². The Bertz CT molecular complexity index is 926. The molecule has 25 heavy (non-hydrogen) atoms. The van der Waals surface area contributed by atoms with Crippen LogP contribution in [0.1, 0.15) is 10.4 Å². The smallest absolute Gasteiger partial charge is 0.256 e. The average Bonchev–Trinajstić information content (AvgIpc) is 2.98. The summed E-state index contributed by atoms with van der Waals surface area (Å²) in [5, 5.41) is 1.76. The molecule has 0 aliphatic carbocycles. The normalized spacial score (nSPS) is 15.0. The molecule has 0 saturated carbocycles. The molecule has 0 spiro atoms. The average molecular weight is 354 g/mol. The fourth-order valence-electron chi connectivity index (χ4n) is 3.52. The quantitative estimate of drug-likeness (QED) is 0.701. The highest BCUT2D eigenvalue weighted by Gasteiger charge is 2.24. The van der Waals surface area contributed by atoms with Gasteiger partial charge in [-0.3, -0.25) is 4.79 Å². The van der Waals surface area contributed by atoms with E-state index in [1.54, 1.807) is 0 Å². The number of carbonyl (C=O) groups excluding carboxylic acids is 1. The van der Waals surface area contributed by atoms with Crippen LogP contribution in [0.25, 0.3) is 10.9 Å². The second-order valence-electron chi connectivity index (χ2n) is 6.43. The van der Waals surface area contributed by atoms with E-state index >= 15 is 0 Å². The van der Waals surface area contributed by atoms with Crippen molar-refractivity contribution in [2.45, 2.75) is 0 Å². The van der Waals surface area contributed by atoms with Crippen LogP contribution in [-0.4, -0.2) is 41.6 Å². The van der Waals surface area contributed by atoms with Crippen LogP contribution in [0.3, 0.4) is 0 Å². The molecule has 128 valence electrons. The molecule has 4 rings (SSSR count). The monoisotopic (exact) mass is 353 g/mol. The van der Waals surface area contributed by atoms with Crippen molar-refractivity contribution in [3.8, 4) is 0 Å². The maximum Gasteiger partial charge on any atom is 0.256 e. The zero-order valence-electron chi connectivity index (χ0n) is 14.2. The van der Waals surface area contributed by atoms with Crippen LogP contribution in [-0.2, 0) is 7.05 Å². The van der Waals surface area contributed by atoms with E-state index in [9.17, 15) is 4.79 Å². The molecule has 2 heterocycles. The number of nitrogens with zero attached hydrogens (tertiary/aromatic N) is 3. The fraction of sp³-hybridized carbons (Fsp3) is 0.250. The van der Waals surface area contributed by atoms with Gasteiger partial charge < -0.3 is 14.4 Å². The first-order valence-electron chi connectivity index (χ1n) is 8.47. The molecule has 1 fully saturated rings. The van der Waals surface area contributed by atoms with Crippen LogP contribution in [0.4, 0.5) is 5.69 Å². The third-order valence-corrected chi connectivity index (χ3v) is 5.10. The van der Waals surface area contributed by atoms with Crippen molar-refractivity contribution in [2.75, 3.05) is 31.1 Å². The van der Waals surface area contributed by atoms with Crippen LogP contribution < -0.4 is 4.90 Å². The van der Waals surface area contributed by atoms with Crippen molar-refractivity contribution in [3.63, 3.8) is 0 Å². The summed E-state index contributed by atoms with van der Waals surface area (Å²) in [7, 11) is 1.98. The Morgan fingerprint density at radius 2 is 1.76 bits per heavy atom. The van der Waals surface area contributed by atoms with Crippen molar-refractivity contribution < 1.29 is 4.79 Å². The number of piperazine rings is 1. The number of aryl methyl sites for hydroxylation is 1. The molecule has 0 unspecified atom stereocenters. The number of rotatable bonds is 2. The third-order valence-electron chi connectivity index (χ3n) is 4.87. The molecule has 3 aromatic rings. The number of amides is 1. The Kier molecular flexibility index (Phi) is 4.14. The molecular weight excluding hydrogens is 334 g/mol. The standard InChI is InChI=1S/C20H20ClN3O/c1-22-14-18(17-7-2-3-8-19(17)22)20(25)24-11-9-23(10-12-24)16-6-4-5-15(21)13-16/h2-8,13-14H,9-12H2,1H3. The van der Waals surface area contributed by atoms with Gasteiger partial charge in [-0.15, -0.1) is 0 Å². The second-order valence-corrected chi connectivity index (χ2v) is 6.87. The van der Waals surface area contributed by atoms with Gasteiger partial charge in [-0.2, -0.15) is 0 Å². The predicted molar refractivity (Wildman–Crippen MR) is 102 cm³/mol. The molecule has 2 aromatic carbocycles. The summed E-state index contributed by atoms with van der Waals surface area (Å²) in [5.74, 6) is 0.113. The van der Waals surface area contributed by atoms with E-state index in [4.69, 9.17) is 11.6 Å². The van der Waals surface area contributed by atoms with Crippen LogP contribution in [0.2, 0.25) is 5.02 Å². The van der Waals surface area contributed by atoms with Crippen LogP contribution in [0.15, 0.2) is 54.7 Å². The number of fused-ring (bicyclic) bond motifs is 1. The molecule has 4 nitrogen and oxygen atoms in total. The van der Waals surface area contributed by atoms with E-state index in [1.165, 1.54) is 0 Å². The minimum Gasteiger partial charge on any atom is -0.368 e. The first-order valence-corrected chi connectivity index (χ1v) is 8.85. The Hall–Kier alpha value is -2.46. The number of hydrogen-bond donors (Lipinski definition) is 0. The Labute approximate surface area is 152 Å². The van der Waals surface area contributed by atoms with E-state index in [1.807, 2.05) is 65.2 Å². The Morgan fingerprint density at radius 1 is 1.00 bits per heavy atom. The van der Waals surface area contributed by atoms with E-state index in [0.29, 0.717) is 13.1 Å². The third kappa shape index (κ3) is 2.98. The van der Waals surface area contributed by atoms with Gasteiger partial charge in [-0.25, -0.2) is 0 Å². The summed E-state index contributed by atoms with van der Waals surface area (Å²) in [4.78, 5) is 17.2. The van der Waals surface area contributed by atoms with Gasteiger partial charge in [0, 0.05) is 61.0 Å². The van der Waals surface area contributed by atoms with Gasteiger partial charge in [-0.05, 0) is 24.3 Å². The van der Waals surface area contributed by atoms with E-state index in [0.717, 1.165) is 40.3 Å². The zero-order valence-corrected chi connectivity index (χ0v) is 14.9. The summed E-state index contributed by atoms with van der Waals surface area (Å²) < 4.78 is 2.02. The largest absolute Gasteiger partial charge is 0.368 e. The molecule has 0 bridgehead atoms. The number of anilines is 1. The Balaban J connectivity index is 1.51. The molecule has 1 amide bonds. The van der Waals surface area contributed by atoms with Crippen molar-refractivity contribution in [1.29, 1.82) is 0 Å². The minimum absolute atomic E-state index is 0.113. The van der Waals surface area contributed by atoms with Crippen LogP contribution in [0, 0.1) is 0 Å². The fourth-order valence-corrected chi connectivity index (χ4v) is 3.71. The van der Waals surface area contributed by atoms with E-state index < -0.39 is 0 Å². The molecule has 0 radical (unpaired) electrons. The topological polar surface area (TPSA) is 28.5 Å². The molecule has 1 aromatic heterocycles. The maximum absolute atomic E-state index is 13.0. The van der Waals surface area contributed by atoms with E-state index in [2.05, 4.69) is 11.0 Å². The first kappa shape index (κ1) is 16.0. The highest BCUT2D eigenvalue weighted by Crippen LogP contribution is 2.24. The molecule has 1 aliphatic rings. The lowest BCUT2D eigenvalue weighted by atomic mass is 10.1. The SMILES string of the molecule is Cn1cc(C(=O)N2CCN(c3cccc(Cl)c3)CC2)c2ccccc21. The molecule has 0 atom stereocenters. The number of para-hydroxylation sites is 1. The van der Waals surface area contributed by atoms with Gasteiger partial charge in [-0.1, -0.05) is 35.9 Å². The Morgan fingerprint density at radius 3 is 2.52 bits per heavy atom. The summed E-state index contributed by atoms with van der Waals surface area (Å²) in [5.41, 5.74) is 2.99. The number of carbonyl (C=O) groups is 1. The summed E-state index contributed by atoms with van der Waals surface area (Å²) >= 11 is 6.09. The van der Waals surface area contributed by atoms with Crippen molar-refractivity contribution in [2.24, 2.45) is 7.05 Å². The second kappa shape index (κ2) is 6.45. The minimum atomic E-state index is 0.113.